The number of carbonyl (C=O) groups excluding carboxylic acids is 2. The molecule has 0 fully saturated rings. The zero-order valence-electron chi connectivity index (χ0n) is 10.5. The molecule has 0 aliphatic rings. The minimum Gasteiger partial charge on any atom is -0.465 e. The Morgan fingerprint density at radius 3 is 2.94 bits per heavy atom. The highest BCUT2D eigenvalue weighted by Crippen LogP contribution is 2.05. The van der Waals surface area contributed by atoms with Crippen LogP contribution >= 0.6 is 0 Å². The van der Waals surface area contributed by atoms with Crippen molar-refractivity contribution in [2.24, 2.45) is 0 Å². The molecule has 1 rings (SSSR count). The van der Waals surface area contributed by atoms with Crippen molar-refractivity contribution in [1.82, 2.24) is 10.3 Å². The lowest BCUT2D eigenvalue weighted by Gasteiger charge is -2.00. The van der Waals surface area contributed by atoms with Crippen LogP contribution in [0.5, 0.6) is 0 Å². The van der Waals surface area contributed by atoms with E-state index in [0.29, 0.717) is 24.2 Å². The van der Waals surface area contributed by atoms with Crippen LogP contribution in [0.2, 0.25) is 0 Å². The molecule has 1 heterocycles. The van der Waals surface area contributed by atoms with E-state index in [4.69, 9.17) is 0 Å². The summed E-state index contributed by atoms with van der Waals surface area (Å²) in [6, 6.07) is 3.25. The molecule has 0 aliphatic carbocycles. The zero-order chi connectivity index (χ0) is 13.4. The van der Waals surface area contributed by atoms with Gasteiger partial charge in [0.05, 0.1) is 18.4 Å². The van der Waals surface area contributed by atoms with Crippen molar-refractivity contribution in [3.05, 3.63) is 35.7 Å². The van der Waals surface area contributed by atoms with E-state index in [2.05, 4.69) is 15.0 Å². The molecule has 0 unspecified atom stereocenters. The number of nitrogens with one attached hydrogen (secondary N) is 1. The molecule has 0 atom stereocenters. The number of amides is 1. The number of rotatable bonds is 5. The van der Waals surface area contributed by atoms with Gasteiger partial charge in [-0.1, -0.05) is 6.08 Å². The average Bonchev–Trinajstić information content (AvgIpc) is 2.37. The second-order valence-corrected chi connectivity index (χ2v) is 3.63. The highest BCUT2D eigenvalue weighted by atomic mass is 16.5. The van der Waals surface area contributed by atoms with Gasteiger partial charge in [-0.2, -0.15) is 0 Å². The van der Waals surface area contributed by atoms with Gasteiger partial charge >= 0.3 is 5.97 Å². The standard InChI is InChI=1S/C13H16N2O3/c1-10(16)14-7-4-3-5-12-9-11(6-8-15-12)13(17)18-2/h3,5-6,8-9H,4,7H2,1-2H3,(H,14,16). The quantitative estimate of drug-likeness (QED) is 0.632. The van der Waals surface area contributed by atoms with E-state index in [1.807, 2.05) is 6.08 Å². The fourth-order valence-electron chi connectivity index (χ4n) is 1.32. The Labute approximate surface area is 106 Å². The van der Waals surface area contributed by atoms with E-state index in [0.717, 1.165) is 0 Å². The summed E-state index contributed by atoms with van der Waals surface area (Å²) >= 11 is 0. The highest BCUT2D eigenvalue weighted by molar-refractivity contribution is 5.89. The minimum atomic E-state index is -0.384. The lowest BCUT2D eigenvalue weighted by molar-refractivity contribution is -0.118. The molecule has 18 heavy (non-hydrogen) atoms. The van der Waals surface area contributed by atoms with Gasteiger partial charge in [-0.25, -0.2) is 4.79 Å². The van der Waals surface area contributed by atoms with Gasteiger partial charge in [0.25, 0.3) is 0 Å². The molecule has 0 bridgehead atoms. The first-order valence-corrected chi connectivity index (χ1v) is 5.59. The summed E-state index contributed by atoms with van der Waals surface area (Å²) in [5, 5.41) is 2.69. The first-order chi connectivity index (χ1) is 8.63. The molecule has 0 saturated carbocycles. The van der Waals surface area contributed by atoms with Gasteiger partial charge in [0.1, 0.15) is 0 Å². The Balaban J connectivity index is 2.54. The fourth-order valence-corrected chi connectivity index (χ4v) is 1.32. The van der Waals surface area contributed by atoms with E-state index < -0.39 is 0 Å². The minimum absolute atomic E-state index is 0.0470. The number of methoxy groups -OCH3 is 1. The summed E-state index contributed by atoms with van der Waals surface area (Å²) in [7, 11) is 1.34. The van der Waals surface area contributed by atoms with E-state index in [1.165, 1.54) is 14.0 Å². The smallest absolute Gasteiger partial charge is 0.337 e. The lowest BCUT2D eigenvalue weighted by atomic mass is 10.2. The van der Waals surface area contributed by atoms with Gasteiger partial charge in [-0.05, 0) is 24.6 Å². The van der Waals surface area contributed by atoms with Gasteiger partial charge in [-0.15, -0.1) is 0 Å². The van der Waals surface area contributed by atoms with Gasteiger partial charge in [0.15, 0.2) is 0 Å². The molecule has 5 heteroatoms. The molecule has 1 aromatic rings. The SMILES string of the molecule is COC(=O)c1ccnc(C=CCCNC(C)=O)c1. The van der Waals surface area contributed by atoms with Crippen LogP contribution in [0.4, 0.5) is 0 Å². The molecule has 0 aliphatic heterocycles. The molecular formula is C13H16N2O3. The maximum absolute atomic E-state index is 11.3. The molecule has 1 aromatic heterocycles. The van der Waals surface area contributed by atoms with Crippen LogP contribution < -0.4 is 5.32 Å². The topological polar surface area (TPSA) is 68.3 Å². The largest absolute Gasteiger partial charge is 0.465 e. The van der Waals surface area contributed by atoms with Crippen LogP contribution in [0.15, 0.2) is 24.4 Å². The van der Waals surface area contributed by atoms with Crippen LogP contribution in [0, 0.1) is 0 Å². The maximum Gasteiger partial charge on any atom is 0.337 e. The predicted octanol–water partition coefficient (Wildman–Crippen LogP) is 1.41. The first-order valence-electron chi connectivity index (χ1n) is 5.59. The van der Waals surface area contributed by atoms with Crippen LogP contribution in [0.25, 0.3) is 6.08 Å². The number of nitrogens with zero attached hydrogens (tertiary/aromatic N) is 1. The fraction of sp³-hybridized carbons (Fsp3) is 0.308. The Morgan fingerprint density at radius 2 is 2.28 bits per heavy atom. The number of ether oxygens (including phenoxy) is 1. The van der Waals surface area contributed by atoms with Gasteiger partial charge < -0.3 is 10.1 Å². The Bertz CT molecular complexity index is 455. The van der Waals surface area contributed by atoms with Crippen molar-refractivity contribution in [3.8, 4) is 0 Å². The van der Waals surface area contributed by atoms with Crippen molar-refractivity contribution in [1.29, 1.82) is 0 Å². The second kappa shape index (κ2) is 7.21. The molecule has 0 spiro atoms. The third-order valence-electron chi connectivity index (χ3n) is 2.18. The predicted molar refractivity (Wildman–Crippen MR) is 67.9 cm³/mol. The van der Waals surface area contributed by atoms with Crippen molar-refractivity contribution >= 4 is 18.0 Å². The molecule has 0 radical (unpaired) electrons. The average molecular weight is 248 g/mol. The van der Waals surface area contributed by atoms with Gasteiger partial charge in [0.2, 0.25) is 5.91 Å². The summed E-state index contributed by atoms with van der Waals surface area (Å²) in [6.07, 6.45) is 5.96. The van der Waals surface area contributed by atoms with E-state index in [9.17, 15) is 9.59 Å². The highest BCUT2D eigenvalue weighted by Gasteiger charge is 2.04. The lowest BCUT2D eigenvalue weighted by Crippen LogP contribution is -2.20. The van der Waals surface area contributed by atoms with Crippen LogP contribution in [0.3, 0.4) is 0 Å². The molecule has 0 saturated heterocycles. The Kier molecular flexibility index (Phi) is 5.57. The molecule has 1 N–H and O–H groups in total. The summed E-state index contributed by atoms with van der Waals surface area (Å²) in [6.45, 7) is 2.06. The number of aromatic nitrogens is 1. The van der Waals surface area contributed by atoms with Crippen molar-refractivity contribution in [2.75, 3.05) is 13.7 Å². The van der Waals surface area contributed by atoms with E-state index >= 15 is 0 Å². The third kappa shape index (κ3) is 4.78. The summed E-state index contributed by atoms with van der Waals surface area (Å²) in [4.78, 5) is 26.0. The second-order valence-electron chi connectivity index (χ2n) is 3.63. The van der Waals surface area contributed by atoms with Crippen LogP contribution in [-0.4, -0.2) is 30.5 Å². The Hall–Kier alpha value is -2.17. The molecule has 96 valence electrons. The van der Waals surface area contributed by atoms with Gasteiger partial charge in [0, 0.05) is 19.7 Å². The van der Waals surface area contributed by atoms with E-state index in [1.54, 1.807) is 24.4 Å². The first kappa shape index (κ1) is 13.9. The monoisotopic (exact) mass is 248 g/mol. The summed E-state index contributed by atoms with van der Waals surface area (Å²) in [5.74, 6) is -0.431. The van der Waals surface area contributed by atoms with Crippen molar-refractivity contribution < 1.29 is 14.3 Å². The van der Waals surface area contributed by atoms with Gasteiger partial charge in [-0.3, -0.25) is 9.78 Å². The maximum atomic E-state index is 11.3. The summed E-state index contributed by atoms with van der Waals surface area (Å²) < 4.78 is 4.62. The molecule has 0 aromatic carbocycles. The van der Waals surface area contributed by atoms with Crippen molar-refractivity contribution in [3.63, 3.8) is 0 Å². The third-order valence-corrected chi connectivity index (χ3v) is 2.18. The summed E-state index contributed by atoms with van der Waals surface area (Å²) in [5.41, 5.74) is 1.15. The number of esters is 1. The van der Waals surface area contributed by atoms with Crippen LogP contribution in [0.1, 0.15) is 29.4 Å². The number of pyridine rings is 1. The Morgan fingerprint density at radius 1 is 1.50 bits per heavy atom. The van der Waals surface area contributed by atoms with E-state index in [-0.39, 0.29) is 11.9 Å². The molecular weight excluding hydrogens is 232 g/mol. The molecule has 5 nitrogen and oxygen atoms in total. The zero-order valence-corrected chi connectivity index (χ0v) is 10.5. The normalized spacial score (nSPS) is 10.3. The number of hydrogen-bond acceptors (Lipinski definition) is 4. The van der Waals surface area contributed by atoms with Crippen LogP contribution in [-0.2, 0) is 9.53 Å². The molecule has 1 amide bonds. The number of hydrogen-bond donors (Lipinski definition) is 1. The number of carbonyl (C=O) groups is 2. The van der Waals surface area contributed by atoms with Crippen molar-refractivity contribution in [2.45, 2.75) is 13.3 Å².